The molecule has 0 saturated carbocycles. The van der Waals surface area contributed by atoms with Gasteiger partial charge in [-0.1, -0.05) is 19.4 Å². The van der Waals surface area contributed by atoms with Crippen LogP contribution >= 0.6 is 11.3 Å². The van der Waals surface area contributed by atoms with Crippen molar-refractivity contribution in [3.63, 3.8) is 0 Å². The molecule has 2 aromatic rings. The molecule has 0 saturated heterocycles. The van der Waals surface area contributed by atoms with Gasteiger partial charge in [0, 0.05) is 38.6 Å². The molecule has 20 heavy (non-hydrogen) atoms. The van der Waals surface area contributed by atoms with E-state index in [2.05, 4.69) is 46.4 Å². The molecule has 2 rings (SSSR count). The molecule has 0 aliphatic carbocycles. The van der Waals surface area contributed by atoms with Crippen LogP contribution in [0.3, 0.4) is 0 Å². The van der Waals surface area contributed by atoms with E-state index in [1.54, 1.807) is 0 Å². The first kappa shape index (κ1) is 15.1. The minimum absolute atomic E-state index is 0.442. The SMILES string of the molecule is CCCC(NCc1cnc(N(C)C)n1C)c1cccs1. The molecule has 0 aliphatic rings. The van der Waals surface area contributed by atoms with E-state index in [4.69, 9.17) is 0 Å². The molecule has 5 heteroatoms. The van der Waals surface area contributed by atoms with Gasteiger partial charge in [0.05, 0.1) is 11.9 Å². The molecule has 2 heterocycles. The van der Waals surface area contributed by atoms with Crippen LogP contribution in [0.5, 0.6) is 0 Å². The van der Waals surface area contributed by atoms with Gasteiger partial charge in [-0.05, 0) is 17.9 Å². The topological polar surface area (TPSA) is 33.1 Å². The number of rotatable bonds is 7. The molecule has 0 spiro atoms. The first-order chi connectivity index (χ1) is 9.63. The summed E-state index contributed by atoms with van der Waals surface area (Å²) in [6.45, 7) is 3.08. The maximum Gasteiger partial charge on any atom is 0.204 e. The van der Waals surface area contributed by atoms with Crippen molar-refractivity contribution in [2.75, 3.05) is 19.0 Å². The van der Waals surface area contributed by atoms with Crippen LogP contribution in [-0.2, 0) is 13.6 Å². The van der Waals surface area contributed by atoms with Crippen LogP contribution in [0.4, 0.5) is 5.95 Å². The fourth-order valence-electron chi connectivity index (χ4n) is 2.36. The second-order valence-corrected chi connectivity index (χ2v) is 6.22. The zero-order valence-electron chi connectivity index (χ0n) is 12.8. The van der Waals surface area contributed by atoms with Crippen molar-refractivity contribution in [1.82, 2.24) is 14.9 Å². The van der Waals surface area contributed by atoms with Gasteiger partial charge in [0.1, 0.15) is 0 Å². The normalized spacial score (nSPS) is 12.6. The van der Waals surface area contributed by atoms with Crippen LogP contribution in [-0.4, -0.2) is 23.6 Å². The largest absolute Gasteiger partial charge is 0.348 e. The van der Waals surface area contributed by atoms with Crippen LogP contribution < -0.4 is 10.2 Å². The Kier molecular flexibility index (Phi) is 5.20. The van der Waals surface area contributed by atoms with E-state index in [0.717, 1.165) is 12.5 Å². The number of imidazole rings is 1. The molecule has 1 unspecified atom stereocenters. The molecule has 0 bridgehead atoms. The lowest BCUT2D eigenvalue weighted by atomic mass is 10.1. The van der Waals surface area contributed by atoms with Crippen molar-refractivity contribution in [2.24, 2.45) is 7.05 Å². The van der Waals surface area contributed by atoms with E-state index in [0.29, 0.717) is 6.04 Å². The highest BCUT2D eigenvalue weighted by molar-refractivity contribution is 7.10. The average Bonchev–Trinajstić information content (AvgIpc) is 3.04. The third kappa shape index (κ3) is 3.41. The minimum Gasteiger partial charge on any atom is -0.348 e. The molecule has 1 atom stereocenters. The number of hydrogen-bond acceptors (Lipinski definition) is 4. The molecule has 0 radical (unpaired) electrons. The number of nitrogens with one attached hydrogen (secondary N) is 1. The highest BCUT2D eigenvalue weighted by atomic mass is 32.1. The first-order valence-corrected chi connectivity index (χ1v) is 7.96. The minimum atomic E-state index is 0.442. The number of nitrogens with zero attached hydrogens (tertiary/aromatic N) is 3. The van der Waals surface area contributed by atoms with E-state index in [9.17, 15) is 0 Å². The zero-order chi connectivity index (χ0) is 14.5. The fourth-order valence-corrected chi connectivity index (χ4v) is 3.20. The van der Waals surface area contributed by atoms with Crippen molar-refractivity contribution in [2.45, 2.75) is 32.4 Å². The number of anilines is 1. The molecule has 0 aliphatic heterocycles. The fraction of sp³-hybridized carbons (Fsp3) is 0.533. The van der Waals surface area contributed by atoms with Crippen LogP contribution in [0.15, 0.2) is 23.7 Å². The average molecular weight is 292 g/mol. The maximum atomic E-state index is 4.45. The van der Waals surface area contributed by atoms with Gasteiger partial charge >= 0.3 is 0 Å². The summed E-state index contributed by atoms with van der Waals surface area (Å²) in [5, 5.41) is 5.81. The van der Waals surface area contributed by atoms with Crippen molar-refractivity contribution in [3.05, 3.63) is 34.3 Å². The molecular formula is C15H24N4S. The van der Waals surface area contributed by atoms with Gasteiger partial charge in [-0.15, -0.1) is 11.3 Å². The molecule has 0 fully saturated rings. The first-order valence-electron chi connectivity index (χ1n) is 7.08. The Labute approximate surface area is 125 Å². The van der Waals surface area contributed by atoms with E-state index in [1.165, 1.54) is 23.4 Å². The van der Waals surface area contributed by atoms with Crippen molar-refractivity contribution in [1.29, 1.82) is 0 Å². The number of thiophene rings is 1. The third-order valence-corrected chi connectivity index (χ3v) is 4.44. The van der Waals surface area contributed by atoms with Gasteiger partial charge < -0.3 is 14.8 Å². The monoisotopic (exact) mass is 292 g/mol. The van der Waals surface area contributed by atoms with Crippen LogP contribution in [0.2, 0.25) is 0 Å². The Morgan fingerprint density at radius 3 is 2.80 bits per heavy atom. The summed E-state index contributed by atoms with van der Waals surface area (Å²) in [6, 6.07) is 4.78. The Morgan fingerprint density at radius 1 is 1.45 bits per heavy atom. The van der Waals surface area contributed by atoms with E-state index < -0.39 is 0 Å². The van der Waals surface area contributed by atoms with Crippen LogP contribution in [0.25, 0.3) is 0 Å². The summed E-state index contributed by atoms with van der Waals surface area (Å²) in [7, 11) is 6.11. The van der Waals surface area contributed by atoms with Crippen LogP contribution in [0, 0.1) is 0 Å². The molecule has 0 amide bonds. The Bertz CT molecular complexity index is 516. The van der Waals surface area contributed by atoms with Crippen molar-refractivity contribution in [3.8, 4) is 0 Å². The molecule has 4 nitrogen and oxygen atoms in total. The van der Waals surface area contributed by atoms with Crippen molar-refractivity contribution < 1.29 is 0 Å². The van der Waals surface area contributed by atoms with Gasteiger partial charge in [-0.2, -0.15) is 0 Å². The predicted octanol–water partition coefficient (Wildman–Crippen LogP) is 3.18. The quantitative estimate of drug-likeness (QED) is 0.851. The van der Waals surface area contributed by atoms with Gasteiger partial charge in [0.15, 0.2) is 0 Å². The van der Waals surface area contributed by atoms with Gasteiger partial charge in [-0.3, -0.25) is 0 Å². The lowest BCUT2D eigenvalue weighted by Crippen LogP contribution is -2.22. The van der Waals surface area contributed by atoms with E-state index >= 15 is 0 Å². The second-order valence-electron chi connectivity index (χ2n) is 5.24. The molecular weight excluding hydrogens is 268 g/mol. The van der Waals surface area contributed by atoms with E-state index in [-0.39, 0.29) is 0 Å². The second kappa shape index (κ2) is 6.90. The number of aromatic nitrogens is 2. The lowest BCUT2D eigenvalue weighted by Gasteiger charge is -2.17. The van der Waals surface area contributed by atoms with E-state index in [1.807, 2.05) is 36.5 Å². The summed E-state index contributed by atoms with van der Waals surface area (Å²) in [5.74, 6) is 0.991. The summed E-state index contributed by atoms with van der Waals surface area (Å²) in [4.78, 5) is 7.91. The lowest BCUT2D eigenvalue weighted by molar-refractivity contribution is 0.491. The molecule has 1 N–H and O–H groups in total. The summed E-state index contributed by atoms with van der Waals surface area (Å²) in [5.41, 5.74) is 1.21. The third-order valence-electron chi connectivity index (χ3n) is 3.45. The molecule has 2 aromatic heterocycles. The van der Waals surface area contributed by atoms with Gasteiger partial charge in [0.2, 0.25) is 5.95 Å². The summed E-state index contributed by atoms with van der Waals surface area (Å²) in [6.07, 6.45) is 4.31. The highest BCUT2D eigenvalue weighted by Crippen LogP contribution is 2.23. The smallest absolute Gasteiger partial charge is 0.204 e. The number of hydrogen-bond donors (Lipinski definition) is 1. The highest BCUT2D eigenvalue weighted by Gasteiger charge is 2.13. The zero-order valence-corrected chi connectivity index (χ0v) is 13.6. The Hall–Kier alpha value is -1.33. The summed E-state index contributed by atoms with van der Waals surface area (Å²) < 4.78 is 2.14. The molecule has 0 aromatic carbocycles. The predicted molar refractivity (Wildman–Crippen MR) is 86.3 cm³/mol. The Balaban J connectivity index is 2.03. The van der Waals surface area contributed by atoms with Gasteiger partial charge in [-0.25, -0.2) is 4.98 Å². The van der Waals surface area contributed by atoms with Crippen molar-refractivity contribution >= 4 is 17.3 Å². The Morgan fingerprint density at radius 2 is 2.25 bits per heavy atom. The standard InChI is InChI=1S/C15H24N4S/c1-5-7-13(14-8-6-9-20-14)16-10-12-11-17-15(18(2)3)19(12)4/h6,8-9,11,13,16H,5,7,10H2,1-4H3. The molecule has 110 valence electrons. The van der Waals surface area contributed by atoms with Gasteiger partial charge in [0.25, 0.3) is 0 Å². The van der Waals surface area contributed by atoms with Crippen LogP contribution in [0.1, 0.15) is 36.4 Å². The summed E-state index contributed by atoms with van der Waals surface area (Å²) >= 11 is 1.83. The maximum absolute atomic E-state index is 4.45.